The number of carbonyl (C=O) groups excluding carboxylic acids is 2. The van der Waals surface area contributed by atoms with Crippen LogP contribution in [-0.4, -0.2) is 28.6 Å². The summed E-state index contributed by atoms with van der Waals surface area (Å²) in [4.78, 5) is 39.1. The third-order valence-electron chi connectivity index (χ3n) is 6.35. The molecule has 1 aliphatic rings. The molecule has 7 nitrogen and oxygen atoms in total. The standard InChI is InChI=1S/C28H27ClF2N2O5/c1-16-11-24(37-15-20-6-7-21(30)13-22(20)31)25(29)26(35)33(16)14-18-5-8-23-19(12-18)9-10-32(23)27(36)28(3,4)38-17(2)34/h5-8,11-13H,9-10,14-15H2,1-4H3. The molecule has 0 radical (unpaired) electrons. The summed E-state index contributed by atoms with van der Waals surface area (Å²) in [7, 11) is 0. The van der Waals surface area contributed by atoms with Gasteiger partial charge >= 0.3 is 5.97 Å². The molecule has 3 aromatic rings. The van der Waals surface area contributed by atoms with E-state index in [4.69, 9.17) is 21.1 Å². The molecule has 200 valence electrons. The minimum atomic E-state index is -1.29. The molecule has 10 heteroatoms. The number of aromatic nitrogens is 1. The Balaban J connectivity index is 1.52. The van der Waals surface area contributed by atoms with Gasteiger partial charge in [-0.15, -0.1) is 0 Å². The maximum Gasteiger partial charge on any atom is 0.303 e. The fraction of sp³-hybridized carbons (Fsp3) is 0.321. The minimum absolute atomic E-state index is 0.104. The molecule has 0 bridgehead atoms. The number of amides is 1. The lowest BCUT2D eigenvalue weighted by molar-refractivity contribution is -0.161. The van der Waals surface area contributed by atoms with E-state index >= 15 is 0 Å². The van der Waals surface area contributed by atoms with E-state index in [1.54, 1.807) is 31.7 Å². The summed E-state index contributed by atoms with van der Waals surface area (Å²) in [5.74, 6) is -2.18. The van der Waals surface area contributed by atoms with Gasteiger partial charge in [0.1, 0.15) is 29.0 Å². The topological polar surface area (TPSA) is 77.8 Å². The van der Waals surface area contributed by atoms with Crippen molar-refractivity contribution in [3.8, 4) is 5.75 Å². The fourth-order valence-electron chi connectivity index (χ4n) is 4.49. The molecular formula is C28H27ClF2N2O5. The molecule has 0 fully saturated rings. The minimum Gasteiger partial charge on any atom is -0.487 e. The van der Waals surface area contributed by atoms with Crippen LogP contribution >= 0.6 is 11.6 Å². The van der Waals surface area contributed by atoms with Crippen LogP contribution in [0.1, 0.15) is 43.2 Å². The first-order valence-corrected chi connectivity index (χ1v) is 12.3. The normalized spacial score (nSPS) is 12.9. The first-order valence-electron chi connectivity index (χ1n) is 12.0. The van der Waals surface area contributed by atoms with Crippen molar-refractivity contribution in [1.82, 2.24) is 4.57 Å². The van der Waals surface area contributed by atoms with Crippen molar-refractivity contribution in [1.29, 1.82) is 0 Å². The van der Waals surface area contributed by atoms with Gasteiger partial charge in [0.2, 0.25) is 0 Å². The zero-order chi connectivity index (χ0) is 27.8. The number of benzene rings is 2. The molecule has 1 amide bonds. The number of anilines is 1. The predicted octanol–water partition coefficient (Wildman–Crippen LogP) is 4.95. The van der Waals surface area contributed by atoms with E-state index in [9.17, 15) is 23.2 Å². The Morgan fingerprint density at radius 1 is 1.11 bits per heavy atom. The average Bonchev–Trinajstić information content (AvgIpc) is 3.26. The van der Waals surface area contributed by atoms with E-state index < -0.39 is 28.8 Å². The van der Waals surface area contributed by atoms with Crippen molar-refractivity contribution in [2.45, 2.75) is 52.9 Å². The van der Waals surface area contributed by atoms with E-state index in [-0.39, 0.29) is 35.4 Å². The molecule has 1 aliphatic heterocycles. The summed E-state index contributed by atoms with van der Waals surface area (Å²) in [5, 5.41) is -0.149. The van der Waals surface area contributed by atoms with Crippen molar-refractivity contribution >= 4 is 29.2 Å². The van der Waals surface area contributed by atoms with Crippen molar-refractivity contribution in [2.75, 3.05) is 11.4 Å². The van der Waals surface area contributed by atoms with E-state index in [0.717, 1.165) is 28.9 Å². The highest BCUT2D eigenvalue weighted by Crippen LogP contribution is 2.32. The molecule has 38 heavy (non-hydrogen) atoms. The average molecular weight is 545 g/mol. The Morgan fingerprint density at radius 3 is 2.53 bits per heavy atom. The van der Waals surface area contributed by atoms with Crippen LogP contribution < -0.4 is 15.2 Å². The Morgan fingerprint density at radius 2 is 1.84 bits per heavy atom. The van der Waals surface area contributed by atoms with Crippen LogP contribution in [0.3, 0.4) is 0 Å². The lowest BCUT2D eigenvalue weighted by Gasteiger charge is -2.29. The van der Waals surface area contributed by atoms with Gasteiger partial charge in [-0.3, -0.25) is 14.4 Å². The number of esters is 1. The number of carbonyl (C=O) groups is 2. The molecule has 0 aliphatic carbocycles. The maximum atomic E-state index is 13.9. The lowest BCUT2D eigenvalue weighted by atomic mass is 10.1. The molecule has 0 saturated heterocycles. The van der Waals surface area contributed by atoms with Crippen LogP contribution in [0, 0.1) is 18.6 Å². The second-order valence-corrected chi connectivity index (χ2v) is 10.0. The van der Waals surface area contributed by atoms with Crippen molar-refractivity contribution in [3.05, 3.63) is 91.9 Å². The third-order valence-corrected chi connectivity index (χ3v) is 6.70. The van der Waals surface area contributed by atoms with Crippen molar-refractivity contribution < 1.29 is 27.8 Å². The number of fused-ring (bicyclic) bond motifs is 1. The number of aryl methyl sites for hydroxylation is 1. The van der Waals surface area contributed by atoms with Gasteiger partial charge in [0.25, 0.3) is 11.5 Å². The second kappa shape index (κ2) is 10.6. The molecule has 0 spiro atoms. The van der Waals surface area contributed by atoms with Gasteiger partial charge in [0, 0.05) is 42.5 Å². The Bertz CT molecular complexity index is 1480. The Labute approximate surface area is 223 Å². The summed E-state index contributed by atoms with van der Waals surface area (Å²) in [6.07, 6.45) is 0.617. The molecule has 2 heterocycles. The molecule has 1 aromatic heterocycles. The van der Waals surface area contributed by atoms with Gasteiger partial charge < -0.3 is 18.9 Å². The van der Waals surface area contributed by atoms with E-state index in [2.05, 4.69) is 0 Å². The third kappa shape index (κ3) is 5.57. The monoisotopic (exact) mass is 544 g/mol. The van der Waals surface area contributed by atoms with Gasteiger partial charge in [-0.2, -0.15) is 0 Å². The summed E-state index contributed by atoms with van der Waals surface area (Å²) in [6, 6.07) is 10.3. The number of halogens is 3. The molecule has 0 unspecified atom stereocenters. The largest absolute Gasteiger partial charge is 0.487 e. The predicted molar refractivity (Wildman–Crippen MR) is 139 cm³/mol. The number of ether oxygens (including phenoxy) is 2. The second-order valence-electron chi connectivity index (χ2n) is 9.65. The van der Waals surface area contributed by atoms with Crippen LogP contribution in [0.4, 0.5) is 14.5 Å². The van der Waals surface area contributed by atoms with Gasteiger partial charge in [-0.25, -0.2) is 8.78 Å². The summed E-state index contributed by atoms with van der Waals surface area (Å²) >= 11 is 6.30. The highest BCUT2D eigenvalue weighted by molar-refractivity contribution is 6.31. The van der Waals surface area contributed by atoms with Gasteiger partial charge in [-0.05, 0) is 56.5 Å². The SMILES string of the molecule is CC(=O)OC(C)(C)C(=O)N1CCc2cc(Cn3c(C)cc(OCc4ccc(F)cc4F)c(Cl)c3=O)ccc21. The number of hydrogen-bond acceptors (Lipinski definition) is 5. The molecular weight excluding hydrogens is 518 g/mol. The number of rotatable bonds is 7. The van der Waals surface area contributed by atoms with Crippen LogP contribution in [0.2, 0.25) is 5.02 Å². The molecule has 2 aromatic carbocycles. The Kier molecular flexibility index (Phi) is 7.60. The lowest BCUT2D eigenvalue weighted by Crippen LogP contribution is -2.47. The molecule has 0 saturated carbocycles. The zero-order valence-corrected chi connectivity index (χ0v) is 22.2. The maximum absolute atomic E-state index is 13.9. The van der Waals surface area contributed by atoms with Crippen LogP contribution in [0.25, 0.3) is 0 Å². The molecule has 0 N–H and O–H groups in total. The van der Waals surface area contributed by atoms with Crippen LogP contribution in [0.15, 0.2) is 47.3 Å². The first-order chi connectivity index (χ1) is 17.9. The Hall–Kier alpha value is -3.72. The molecule has 4 rings (SSSR count). The fourth-order valence-corrected chi connectivity index (χ4v) is 4.70. The van der Waals surface area contributed by atoms with Gasteiger partial charge in [0.05, 0.1) is 6.54 Å². The summed E-state index contributed by atoms with van der Waals surface area (Å²) in [6.45, 7) is 6.58. The summed E-state index contributed by atoms with van der Waals surface area (Å²) < 4.78 is 39.4. The van der Waals surface area contributed by atoms with Gasteiger partial charge in [0.15, 0.2) is 5.60 Å². The number of nitrogens with zero attached hydrogens (tertiary/aromatic N) is 2. The van der Waals surface area contributed by atoms with Crippen molar-refractivity contribution in [3.63, 3.8) is 0 Å². The van der Waals surface area contributed by atoms with E-state index in [1.165, 1.54) is 17.6 Å². The first kappa shape index (κ1) is 27.3. The van der Waals surface area contributed by atoms with Crippen LogP contribution in [0.5, 0.6) is 5.75 Å². The van der Waals surface area contributed by atoms with Crippen molar-refractivity contribution in [2.24, 2.45) is 0 Å². The highest BCUT2D eigenvalue weighted by atomic mass is 35.5. The number of hydrogen-bond donors (Lipinski definition) is 0. The van der Waals surface area contributed by atoms with Gasteiger partial charge in [-0.1, -0.05) is 23.7 Å². The van der Waals surface area contributed by atoms with E-state index in [0.29, 0.717) is 18.7 Å². The van der Waals surface area contributed by atoms with E-state index in [1.807, 2.05) is 18.2 Å². The summed E-state index contributed by atoms with van der Waals surface area (Å²) in [5.41, 5.74) is 1.45. The smallest absolute Gasteiger partial charge is 0.303 e. The van der Waals surface area contributed by atoms with Crippen LogP contribution in [-0.2, 0) is 33.9 Å². The zero-order valence-electron chi connectivity index (χ0n) is 21.4. The number of pyridine rings is 1. The molecule has 0 atom stereocenters. The highest BCUT2D eigenvalue weighted by Gasteiger charge is 2.38. The quantitative estimate of drug-likeness (QED) is 0.394.